The van der Waals surface area contributed by atoms with Crippen LogP contribution in [-0.2, 0) is 13.0 Å². The Morgan fingerprint density at radius 2 is 2.04 bits per heavy atom. The molecule has 2 heterocycles. The van der Waals surface area contributed by atoms with Crippen LogP contribution in [-0.4, -0.2) is 33.4 Å². The van der Waals surface area contributed by atoms with E-state index in [9.17, 15) is 19.1 Å². The first-order valence-corrected chi connectivity index (χ1v) is 8.43. The number of carboxylic acids is 1. The van der Waals surface area contributed by atoms with E-state index in [1.165, 1.54) is 29.2 Å². The number of halogens is 2. The van der Waals surface area contributed by atoms with Gasteiger partial charge in [-0.2, -0.15) is 0 Å². The molecule has 5 nitrogen and oxygen atoms in total. The number of carbonyl (C=O) groups excluding carboxylic acids is 1. The highest BCUT2D eigenvalue weighted by Crippen LogP contribution is 2.30. The lowest BCUT2D eigenvalue weighted by molar-refractivity contribution is 0.0694. The molecule has 0 atom stereocenters. The summed E-state index contributed by atoms with van der Waals surface area (Å²) in [6.45, 7) is 0.691. The van der Waals surface area contributed by atoms with E-state index in [1.807, 2.05) is 0 Å². The van der Waals surface area contributed by atoms with Gasteiger partial charge in [0.15, 0.2) is 0 Å². The fourth-order valence-electron chi connectivity index (χ4n) is 3.38. The van der Waals surface area contributed by atoms with Gasteiger partial charge in [0.25, 0.3) is 5.91 Å². The molecule has 0 radical (unpaired) electrons. The zero-order valence-electron chi connectivity index (χ0n) is 13.6. The SMILES string of the molecule is O=C(O)c1ccc2[nH]c3c(c2c1)CN(C(=O)c1c(F)cccc1Cl)CC3. The van der Waals surface area contributed by atoms with Gasteiger partial charge in [-0.1, -0.05) is 17.7 Å². The topological polar surface area (TPSA) is 73.4 Å². The second-order valence-corrected chi connectivity index (χ2v) is 6.63. The first-order chi connectivity index (χ1) is 12.5. The van der Waals surface area contributed by atoms with E-state index in [1.54, 1.807) is 12.1 Å². The van der Waals surface area contributed by atoms with Crippen molar-refractivity contribution in [3.05, 3.63) is 69.6 Å². The van der Waals surface area contributed by atoms with Gasteiger partial charge in [0, 0.05) is 41.7 Å². The Morgan fingerprint density at radius 3 is 2.77 bits per heavy atom. The predicted molar refractivity (Wildman–Crippen MR) is 95.1 cm³/mol. The van der Waals surface area contributed by atoms with Crippen molar-refractivity contribution in [3.8, 4) is 0 Å². The summed E-state index contributed by atoms with van der Waals surface area (Å²) in [6, 6.07) is 9.00. The fraction of sp³-hybridized carbons (Fsp3) is 0.158. The van der Waals surface area contributed by atoms with Crippen LogP contribution in [0.15, 0.2) is 36.4 Å². The number of rotatable bonds is 2. The molecule has 26 heavy (non-hydrogen) atoms. The maximum atomic E-state index is 14.1. The number of carbonyl (C=O) groups is 2. The van der Waals surface area contributed by atoms with Crippen LogP contribution in [0.5, 0.6) is 0 Å². The molecule has 7 heteroatoms. The molecule has 0 unspecified atom stereocenters. The minimum absolute atomic E-state index is 0.0767. The number of fused-ring (bicyclic) bond motifs is 3. The average molecular weight is 373 g/mol. The van der Waals surface area contributed by atoms with Gasteiger partial charge in [-0.05, 0) is 30.3 Å². The molecule has 0 saturated carbocycles. The standard InChI is InChI=1S/C19H14ClFN2O3/c20-13-2-1-3-14(21)17(13)18(24)23-7-6-16-12(9-23)11-8-10(19(25)26)4-5-15(11)22-16/h1-5,8,22H,6-7,9H2,(H,25,26). The van der Waals surface area contributed by atoms with Crippen LogP contribution in [0.4, 0.5) is 4.39 Å². The molecular weight excluding hydrogens is 359 g/mol. The summed E-state index contributed by atoms with van der Waals surface area (Å²) in [4.78, 5) is 28.8. The molecule has 4 rings (SSSR count). The summed E-state index contributed by atoms with van der Waals surface area (Å²) in [6.07, 6.45) is 0.574. The number of aromatic carboxylic acids is 1. The van der Waals surface area contributed by atoms with Crippen molar-refractivity contribution >= 4 is 34.4 Å². The lowest BCUT2D eigenvalue weighted by Crippen LogP contribution is -2.36. The van der Waals surface area contributed by atoms with Gasteiger partial charge in [-0.15, -0.1) is 0 Å². The Balaban J connectivity index is 1.73. The number of hydrogen-bond acceptors (Lipinski definition) is 2. The number of nitrogens with one attached hydrogen (secondary N) is 1. The van der Waals surface area contributed by atoms with Crippen LogP contribution in [0.1, 0.15) is 32.0 Å². The molecule has 1 aromatic heterocycles. The minimum atomic E-state index is -1.01. The van der Waals surface area contributed by atoms with E-state index in [0.29, 0.717) is 13.0 Å². The molecule has 132 valence electrons. The van der Waals surface area contributed by atoms with E-state index >= 15 is 0 Å². The summed E-state index contributed by atoms with van der Waals surface area (Å²) < 4.78 is 14.1. The molecule has 2 N–H and O–H groups in total. The highest BCUT2D eigenvalue weighted by molar-refractivity contribution is 6.33. The molecule has 1 aliphatic heterocycles. The van der Waals surface area contributed by atoms with Crippen molar-refractivity contribution in [2.75, 3.05) is 6.54 Å². The Hall–Kier alpha value is -2.86. The van der Waals surface area contributed by atoms with Crippen LogP contribution >= 0.6 is 11.6 Å². The fourth-order valence-corrected chi connectivity index (χ4v) is 3.62. The molecular formula is C19H14ClFN2O3. The largest absolute Gasteiger partial charge is 0.478 e. The van der Waals surface area contributed by atoms with Crippen molar-refractivity contribution in [1.82, 2.24) is 9.88 Å². The minimum Gasteiger partial charge on any atom is -0.478 e. The van der Waals surface area contributed by atoms with Gasteiger partial charge < -0.3 is 15.0 Å². The van der Waals surface area contributed by atoms with Crippen LogP contribution in [0, 0.1) is 5.82 Å². The molecule has 1 amide bonds. The number of aromatic amines is 1. The Labute approximate surface area is 153 Å². The normalized spacial score (nSPS) is 13.7. The summed E-state index contributed by atoms with van der Waals surface area (Å²) >= 11 is 6.01. The highest BCUT2D eigenvalue weighted by atomic mass is 35.5. The monoisotopic (exact) mass is 372 g/mol. The number of carboxylic acid groups (broad SMARTS) is 1. The van der Waals surface area contributed by atoms with Gasteiger partial charge >= 0.3 is 5.97 Å². The van der Waals surface area contributed by atoms with E-state index < -0.39 is 17.7 Å². The van der Waals surface area contributed by atoms with Crippen LogP contribution in [0.25, 0.3) is 10.9 Å². The van der Waals surface area contributed by atoms with Crippen molar-refractivity contribution in [1.29, 1.82) is 0 Å². The smallest absolute Gasteiger partial charge is 0.335 e. The maximum Gasteiger partial charge on any atom is 0.335 e. The highest BCUT2D eigenvalue weighted by Gasteiger charge is 2.28. The summed E-state index contributed by atoms with van der Waals surface area (Å²) in [5.74, 6) is -2.13. The van der Waals surface area contributed by atoms with Crippen LogP contribution < -0.4 is 0 Å². The van der Waals surface area contributed by atoms with Gasteiger partial charge in [0.2, 0.25) is 0 Å². The van der Waals surface area contributed by atoms with Crippen molar-refractivity contribution < 1.29 is 19.1 Å². The number of hydrogen-bond donors (Lipinski definition) is 2. The third-order valence-corrected chi connectivity index (χ3v) is 5.00. The number of aromatic nitrogens is 1. The van der Waals surface area contributed by atoms with E-state index in [2.05, 4.69) is 4.98 Å². The van der Waals surface area contributed by atoms with Crippen molar-refractivity contribution in [2.24, 2.45) is 0 Å². The molecule has 0 saturated heterocycles. The zero-order valence-corrected chi connectivity index (χ0v) is 14.3. The average Bonchev–Trinajstić information content (AvgIpc) is 2.98. The Morgan fingerprint density at radius 1 is 1.23 bits per heavy atom. The summed E-state index contributed by atoms with van der Waals surface area (Å²) in [7, 11) is 0. The van der Waals surface area contributed by atoms with Crippen molar-refractivity contribution in [2.45, 2.75) is 13.0 Å². The van der Waals surface area contributed by atoms with Gasteiger partial charge in [-0.25, -0.2) is 9.18 Å². The molecule has 0 spiro atoms. The number of nitrogens with zero attached hydrogens (tertiary/aromatic N) is 1. The lowest BCUT2D eigenvalue weighted by Gasteiger charge is -2.27. The molecule has 0 fully saturated rings. The summed E-state index contributed by atoms with van der Waals surface area (Å²) in [5, 5.41) is 10.0. The number of benzene rings is 2. The molecule has 0 bridgehead atoms. The first-order valence-electron chi connectivity index (χ1n) is 8.06. The molecule has 3 aromatic rings. The Kier molecular flexibility index (Phi) is 3.92. The Bertz CT molecular complexity index is 1040. The van der Waals surface area contributed by atoms with Crippen LogP contribution in [0.3, 0.4) is 0 Å². The zero-order chi connectivity index (χ0) is 18.4. The maximum absolute atomic E-state index is 14.1. The third kappa shape index (κ3) is 2.63. The van der Waals surface area contributed by atoms with Gasteiger partial charge in [0.1, 0.15) is 5.82 Å². The number of H-pyrrole nitrogens is 1. The second kappa shape index (κ2) is 6.14. The van der Waals surface area contributed by atoms with Gasteiger partial charge in [-0.3, -0.25) is 4.79 Å². The number of amides is 1. The molecule has 0 aliphatic carbocycles. The second-order valence-electron chi connectivity index (χ2n) is 6.22. The van der Waals surface area contributed by atoms with E-state index in [0.717, 1.165) is 22.2 Å². The third-order valence-electron chi connectivity index (χ3n) is 4.69. The first kappa shape index (κ1) is 16.6. The van der Waals surface area contributed by atoms with Crippen molar-refractivity contribution in [3.63, 3.8) is 0 Å². The molecule has 1 aliphatic rings. The van der Waals surface area contributed by atoms with E-state index in [-0.39, 0.29) is 22.7 Å². The van der Waals surface area contributed by atoms with E-state index in [4.69, 9.17) is 11.6 Å². The lowest BCUT2D eigenvalue weighted by atomic mass is 10.0. The summed E-state index contributed by atoms with van der Waals surface area (Å²) in [5.41, 5.74) is 2.68. The van der Waals surface area contributed by atoms with Crippen LogP contribution in [0.2, 0.25) is 5.02 Å². The molecule has 2 aromatic carbocycles. The quantitative estimate of drug-likeness (QED) is 0.717. The van der Waals surface area contributed by atoms with Gasteiger partial charge in [0.05, 0.1) is 16.1 Å². The predicted octanol–water partition coefficient (Wildman–Crippen LogP) is 3.86.